The largest absolute Gasteiger partial charge is 0.327 e. The van der Waals surface area contributed by atoms with Crippen LogP contribution in [-0.2, 0) is 6.42 Å². The highest BCUT2D eigenvalue weighted by Crippen LogP contribution is 2.47. The number of nitrogens with zero attached hydrogens (tertiary/aromatic N) is 3. The first kappa shape index (κ1) is 18.3. The molecule has 2 fully saturated rings. The Kier molecular flexibility index (Phi) is 6.39. The summed E-state index contributed by atoms with van der Waals surface area (Å²) in [4.78, 5) is 3.37. The van der Waals surface area contributed by atoms with Gasteiger partial charge in [0.2, 0.25) is 0 Å². The van der Waals surface area contributed by atoms with Crippen molar-refractivity contribution in [2.75, 3.05) is 0 Å². The molecule has 0 radical (unpaired) electrons. The van der Waals surface area contributed by atoms with E-state index in [1.807, 2.05) is 6.07 Å². The second-order valence-corrected chi connectivity index (χ2v) is 8.04. The van der Waals surface area contributed by atoms with E-state index in [0.717, 1.165) is 32.1 Å². The topological polar surface area (TPSA) is 74.8 Å². The van der Waals surface area contributed by atoms with Crippen LogP contribution in [0.2, 0.25) is 0 Å². The van der Waals surface area contributed by atoms with Crippen LogP contribution in [0.1, 0.15) is 69.8 Å². The van der Waals surface area contributed by atoms with Gasteiger partial charge in [0, 0.05) is 11.0 Å². The van der Waals surface area contributed by atoms with E-state index in [4.69, 9.17) is 5.73 Å². The highest BCUT2D eigenvalue weighted by molar-refractivity contribution is 5.19. The molecule has 2 saturated carbocycles. The van der Waals surface area contributed by atoms with Crippen molar-refractivity contribution < 1.29 is 0 Å². The summed E-state index contributed by atoms with van der Waals surface area (Å²) in [6.07, 6.45) is 13.1. The van der Waals surface area contributed by atoms with Crippen LogP contribution in [0.5, 0.6) is 0 Å². The van der Waals surface area contributed by atoms with Gasteiger partial charge in [0.25, 0.3) is 0 Å². The third-order valence-corrected chi connectivity index (χ3v) is 6.63. The molecule has 0 aromatic heterocycles. The highest BCUT2D eigenvalue weighted by atomic mass is 15.2. The zero-order valence-electron chi connectivity index (χ0n) is 15.3. The molecule has 1 aromatic rings. The first-order valence-electron chi connectivity index (χ1n) is 10.1. The van der Waals surface area contributed by atoms with Crippen LogP contribution < -0.4 is 5.73 Å². The average molecular weight is 341 g/mol. The van der Waals surface area contributed by atoms with E-state index < -0.39 is 5.54 Å². The summed E-state index contributed by atoms with van der Waals surface area (Å²) in [5.74, 6) is 0.887. The number of azide groups is 1. The lowest BCUT2D eigenvalue weighted by Gasteiger charge is -2.49. The minimum absolute atomic E-state index is 0.100. The van der Waals surface area contributed by atoms with E-state index in [-0.39, 0.29) is 6.04 Å². The molecular weight excluding hydrogens is 308 g/mol. The summed E-state index contributed by atoms with van der Waals surface area (Å²) in [6.45, 7) is 0. The molecule has 0 aliphatic heterocycles. The van der Waals surface area contributed by atoms with Gasteiger partial charge < -0.3 is 5.73 Å². The summed E-state index contributed by atoms with van der Waals surface area (Å²) in [6, 6.07) is 10.4. The van der Waals surface area contributed by atoms with Crippen molar-refractivity contribution >= 4 is 0 Å². The summed E-state index contributed by atoms with van der Waals surface area (Å²) in [5.41, 5.74) is 17.2. The van der Waals surface area contributed by atoms with E-state index in [1.54, 1.807) is 0 Å². The molecule has 2 N–H and O–H groups in total. The SMILES string of the molecule is [N-]=[N+]=NC(C(N)Cc1ccccc1)(C1CCCCC1)C1CCCCC1. The molecule has 2 aliphatic rings. The number of nitrogens with two attached hydrogens (primary N) is 1. The first-order chi connectivity index (χ1) is 12.3. The Hall–Kier alpha value is -1.51. The molecular formula is C21H32N4. The van der Waals surface area contributed by atoms with E-state index in [1.165, 1.54) is 44.1 Å². The molecule has 1 unspecified atom stereocenters. The van der Waals surface area contributed by atoms with Gasteiger partial charge in [0.05, 0.1) is 5.54 Å². The smallest absolute Gasteiger partial charge is 0.0698 e. The van der Waals surface area contributed by atoms with Crippen LogP contribution in [0.15, 0.2) is 35.4 Å². The molecule has 0 saturated heterocycles. The normalized spacial score (nSPS) is 21.5. The van der Waals surface area contributed by atoms with Gasteiger partial charge in [-0.2, -0.15) is 0 Å². The van der Waals surface area contributed by atoms with E-state index in [0.29, 0.717) is 11.8 Å². The molecule has 0 spiro atoms. The molecule has 1 atom stereocenters. The van der Waals surface area contributed by atoms with Crippen molar-refractivity contribution in [3.63, 3.8) is 0 Å². The minimum Gasteiger partial charge on any atom is -0.327 e. The molecule has 0 amide bonds. The summed E-state index contributed by atoms with van der Waals surface area (Å²) >= 11 is 0. The maximum absolute atomic E-state index is 9.48. The fourth-order valence-corrected chi connectivity index (χ4v) is 5.42. The molecule has 0 bridgehead atoms. The van der Waals surface area contributed by atoms with Crippen molar-refractivity contribution in [2.24, 2.45) is 22.7 Å². The molecule has 3 rings (SSSR count). The van der Waals surface area contributed by atoms with Gasteiger partial charge in [-0.25, -0.2) is 0 Å². The Labute approximate surface area is 151 Å². The Balaban J connectivity index is 1.94. The number of benzene rings is 1. The number of rotatable bonds is 6. The monoisotopic (exact) mass is 340 g/mol. The zero-order valence-corrected chi connectivity index (χ0v) is 15.3. The van der Waals surface area contributed by atoms with E-state index in [9.17, 15) is 5.53 Å². The second kappa shape index (κ2) is 8.73. The first-order valence-corrected chi connectivity index (χ1v) is 10.1. The van der Waals surface area contributed by atoms with E-state index in [2.05, 4.69) is 34.3 Å². The summed E-state index contributed by atoms with van der Waals surface area (Å²) in [5, 5.41) is 4.55. The van der Waals surface area contributed by atoms with Gasteiger partial charge in [-0.3, -0.25) is 0 Å². The second-order valence-electron chi connectivity index (χ2n) is 8.04. The summed E-state index contributed by atoms with van der Waals surface area (Å²) < 4.78 is 0. The molecule has 25 heavy (non-hydrogen) atoms. The standard InChI is InChI=1S/C21H32N4/c22-20(16-17-10-4-1-5-11-17)21(24-25-23,18-12-6-2-7-13-18)19-14-8-3-9-15-19/h1,4-5,10-11,18-20H,2-3,6-9,12-16,22H2. The predicted octanol–water partition coefficient (Wildman–Crippen LogP) is 5.77. The fraction of sp³-hybridized carbons (Fsp3) is 0.714. The molecule has 1 aromatic carbocycles. The minimum atomic E-state index is -0.411. The predicted molar refractivity (Wildman–Crippen MR) is 103 cm³/mol. The zero-order chi connectivity index (χ0) is 17.5. The third kappa shape index (κ3) is 4.02. The van der Waals surface area contributed by atoms with Crippen molar-refractivity contribution in [1.29, 1.82) is 0 Å². The Morgan fingerprint density at radius 3 is 1.96 bits per heavy atom. The molecule has 2 aliphatic carbocycles. The van der Waals surface area contributed by atoms with Crippen LogP contribution in [0, 0.1) is 11.8 Å². The van der Waals surface area contributed by atoms with Crippen LogP contribution in [0.4, 0.5) is 0 Å². The highest BCUT2D eigenvalue weighted by Gasteiger charge is 2.49. The number of hydrogen-bond acceptors (Lipinski definition) is 2. The lowest BCUT2D eigenvalue weighted by molar-refractivity contribution is 0.0807. The van der Waals surface area contributed by atoms with Crippen LogP contribution >= 0.6 is 0 Å². The van der Waals surface area contributed by atoms with Gasteiger partial charge in [-0.1, -0.05) is 74.0 Å². The Bertz CT molecular complexity index is 549. The quantitative estimate of drug-likeness (QED) is 0.398. The summed E-state index contributed by atoms with van der Waals surface area (Å²) in [7, 11) is 0. The molecule has 136 valence electrons. The average Bonchev–Trinajstić information content (AvgIpc) is 2.68. The van der Waals surface area contributed by atoms with Crippen LogP contribution in [-0.4, -0.2) is 11.6 Å². The molecule has 4 heteroatoms. The van der Waals surface area contributed by atoms with Gasteiger partial charge in [0.1, 0.15) is 0 Å². The van der Waals surface area contributed by atoms with Gasteiger partial charge in [-0.15, -0.1) is 0 Å². The lowest BCUT2D eigenvalue weighted by atomic mass is 9.61. The van der Waals surface area contributed by atoms with Crippen molar-refractivity contribution in [3.8, 4) is 0 Å². The lowest BCUT2D eigenvalue weighted by Crippen LogP contribution is -2.58. The van der Waals surface area contributed by atoms with Gasteiger partial charge in [-0.05, 0) is 55.0 Å². The van der Waals surface area contributed by atoms with E-state index >= 15 is 0 Å². The molecule has 0 heterocycles. The van der Waals surface area contributed by atoms with Gasteiger partial charge in [0.15, 0.2) is 0 Å². The fourth-order valence-electron chi connectivity index (χ4n) is 5.42. The van der Waals surface area contributed by atoms with Crippen molar-refractivity contribution in [2.45, 2.75) is 82.2 Å². The Morgan fingerprint density at radius 2 is 1.48 bits per heavy atom. The molecule has 4 nitrogen and oxygen atoms in total. The number of hydrogen-bond donors (Lipinski definition) is 1. The van der Waals surface area contributed by atoms with Crippen molar-refractivity contribution in [1.82, 2.24) is 0 Å². The maximum Gasteiger partial charge on any atom is 0.0698 e. The maximum atomic E-state index is 9.48. The third-order valence-electron chi connectivity index (χ3n) is 6.63. The Morgan fingerprint density at radius 1 is 0.960 bits per heavy atom. The van der Waals surface area contributed by atoms with Crippen molar-refractivity contribution in [3.05, 3.63) is 46.3 Å². The van der Waals surface area contributed by atoms with Crippen LogP contribution in [0.3, 0.4) is 0 Å². The van der Waals surface area contributed by atoms with Gasteiger partial charge >= 0.3 is 0 Å². The van der Waals surface area contributed by atoms with Crippen LogP contribution in [0.25, 0.3) is 10.4 Å².